The zero-order valence-electron chi connectivity index (χ0n) is 12.5. The van der Waals surface area contributed by atoms with Gasteiger partial charge in [-0.05, 0) is 37.3 Å². The minimum atomic E-state index is -0.377. The highest BCUT2D eigenvalue weighted by Crippen LogP contribution is 2.31. The largest absolute Gasteiger partial charge is 0.394 e. The first kappa shape index (κ1) is 15.5. The summed E-state index contributed by atoms with van der Waals surface area (Å²) < 4.78 is 0. The van der Waals surface area contributed by atoms with E-state index in [-0.39, 0.29) is 18.1 Å². The first-order valence-corrected chi connectivity index (χ1v) is 8.50. The molecule has 1 fully saturated rings. The highest BCUT2D eigenvalue weighted by Gasteiger charge is 2.35. The van der Waals surface area contributed by atoms with Gasteiger partial charge in [-0.2, -0.15) is 0 Å². The molecule has 0 aromatic carbocycles. The van der Waals surface area contributed by atoms with Gasteiger partial charge in [-0.3, -0.25) is 4.79 Å². The first-order chi connectivity index (χ1) is 9.64. The lowest BCUT2D eigenvalue weighted by atomic mass is 9.99. The molecule has 0 spiro atoms. The molecule has 0 atom stereocenters. The number of carbonyl (C=O) groups is 1. The van der Waals surface area contributed by atoms with Crippen LogP contribution in [0.4, 0.5) is 0 Å². The summed E-state index contributed by atoms with van der Waals surface area (Å²) >= 11 is 1.62. The molecule has 1 aliphatic rings. The molecule has 112 valence electrons. The lowest BCUT2D eigenvalue weighted by Gasteiger charge is -2.27. The Bertz CT molecular complexity index is 461. The molecule has 1 aliphatic carbocycles. The monoisotopic (exact) mass is 295 g/mol. The third-order valence-corrected chi connectivity index (χ3v) is 5.46. The predicted octanol–water partition coefficient (Wildman–Crippen LogP) is 3.30. The van der Waals surface area contributed by atoms with Crippen molar-refractivity contribution in [1.82, 2.24) is 5.32 Å². The molecular formula is C16H25NO2S. The van der Waals surface area contributed by atoms with E-state index in [2.05, 4.69) is 19.2 Å². The number of hydrogen-bond acceptors (Lipinski definition) is 3. The lowest BCUT2D eigenvalue weighted by Crippen LogP contribution is -2.49. The highest BCUT2D eigenvalue weighted by molar-refractivity contribution is 7.14. The van der Waals surface area contributed by atoms with Crippen LogP contribution in [-0.2, 0) is 12.8 Å². The summed E-state index contributed by atoms with van der Waals surface area (Å²) in [6, 6.07) is 2.03. The van der Waals surface area contributed by atoms with E-state index >= 15 is 0 Å². The minimum absolute atomic E-state index is 0.0111. The maximum atomic E-state index is 12.4. The van der Waals surface area contributed by atoms with Crippen LogP contribution >= 0.6 is 11.3 Å². The molecule has 3 nitrogen and oxygen atoms in total. The fourth-order valence-corrected chi connectivity index (χ4v) is 4.24. The zero-order chi connectivity index (χ0) is 14.6. The average molecular weight is 295 g/mol. The van der Waals surface area contributed by atoms with E-state index in [1.54, 1.807) is 11.3 Å². The molecule has 1 aromatic rings. The zero-order valence-corrected chi connectivity index (χ0v) is 13.3. The van der Waals surface area contributed by atoms with Gasteiger partial charge in [0.05, 0.1) is 17.0 Å². The van der Waals surface area contributed by atoms with Crippen molar-refractivity contribution in [3.63, 3.8) is 0 Å². The van der Waals surface area contributed by atoms with Gasteiger partial charge in [-0.1, -0.05) is 33.1 Å². The van der Waals surface area contributed by atoms with Gasteiger partial charge in [0.2, 0.25) is 0 Å². The molecule has 0 aliphatic heterocycles. The Hall–Kier alpha value is -0.870. The molecule has 20 heavy (non-hydrogen) atoms. The Kier molecular flexibility index (Phi) is 5.22. The van der Waals surface area contributed by atoms with Crippen molar-refractivity contribution in [2.24, 2.45) is 0 Å². The molecule has 2 rings (SSSR count). The Morgan fingerprint density at radius 2 is 2.10 bits per heavy atom. The fourth-order valence-electron chi connectivity index (χ4n) is 2.99. The molecule has 1 amide bonds. The van der Waals surface area contributed by atoms with Gasteiger partial charge in [0.1, 0.15) is 0 Å². The fraction of sp³-hybridized carbons (Fsp3) is 0.688. The standard InChI is InChI=1S/C16H25NO2S/c1-3-7-13-12(4-2)10-14(20-13)15(19)17-16(11-18)8-5-6-9-16/h10,18H,3-9,11H2,1-2H3,(H,17,19). The van der Waals surface area contributed by atoms with Crippen molar-refractivity contribution in [3.05, 3.63) is 21.4 Å². The van der Waals surface area contributed by atoms with E-state index in [0.29, 0.717) is 0 Å². The summed E-state index contributed by atoms with van der Waals surface area (Å²) in [6.07, 6.45) is 7.09. The van der Waals surface area contributed by atoms with Crippen molar-refractivity contribution in [3.8, 4) is 0 Å². The molecule has 0 saturated heterocycles. The van der Waals surface area contributed by atoms with Gasteiger partial charge in [0, 0.05) is 4.88 Å². The van der Waals surface area contributed by atoms with Crippen molar-refractivity contribution in [2.75, 3.05) is 6.61 Å². The summed E-state index contributed by atoms with van der Waals surface area (Å²) in [5.41, 5.74) is 0.921. The number of aliphatic hydroxyl groups is 1. The van der Waals surface area contributed by atoms with E-state index in [1.807, 2.05) is 6.07 Å². The van der Waals surface area contributed by atoms with Crippen LogP contribution in [0.5, 0.6) is 0 Å². The van der Waals surface area contributed by atoms with Crippen LogP contribution in [-0.4, -0.2) is 23.2 Å². The lowest BCUT2D eigenvalue weighted by molar-refractivity contribution is 0.0842. The third kappa shape index (κ3) is 3.23. The second kappa shape index (κ2) is 6.72. The molecule has 0 bridgehead atoms. The molecule has 0 unspecified atom stereocenters. The molecular weight excluding hydrogens is 270 g/mol. The minimum Gasteiger partial charge on any atom is -0.394 e. The van der Waals surface area contributed by atoms with E-state index in [9.17, 15) is 9.90 Å². The molecule has 2 N–H and O–H groups in total. The third-order valence-electron chi connectivity index (χ3n) is 4.22. The number of aryl methyl sites for hydroxylation is 2. The number of rotatable bonds is 6. The van der Waals surface area contributed by atoms with Crippen LogP contribution in [0, 0.1) is 0 Å². The Morgan fingerprint density at radius 3 is 2.65 bits per heavy atom. The Labute approximate surface area is 125 Å². The normalized spacial score (nSPS) is 17.4. The van der Waals surface area contributed by atoms with Gasteiger partial charge in [-0.15, -0.1) is 11.3 Å². The van der Waals surface area contributed by atoms with Crippen molar-refractivity contribution in [2.45, 2.75) is 64.3 Å². The van der Waals surface area contributed by atoms with E-state index < -0.39 is 0 Å². The maximum absolute atomic E-state index is 12.4. The number of thiophene rings is 1. The summed E-state index contributed by atoms with van der Waals surface area (Å²) in [6.45, 7) is 4.35. The summed E-state index contributed by atoms with van der Waals surface area (Å²) in [4.78, 5) is 14.6. The highest BCUT2D eigenvalue weighted by atomic mass is 32.1. The molecule has 1 saturated carbocycles. The van der Waals surface area contributed by atoms with Gasteiger partial charge >= 0.3 is 0 Å². The summed E-state index contributed by atoms with van der Waals surface area (Å²) in [5, 5.41) is 12.7. The number of aliphatic hydroxyl groups excluding tert-OH is 1. The van der Waals surface area contributed by atoms with Crippen LogP contribution in [0.1, 0.15) is 66.1 Å². The maximum Gasteiger partial charge on any atom is 0.261 e. The number of hydrogen-bond donors (Lipinski definition) is 2. The topological polar surface area (TPSA) is 49.3 Å². The van der Waals surface area contributed by atoms with E-state index in [0.717, 1.165) is 49.8 Å². The predicted molar refractivity (Wildman–Crippen MR) is 83.4 cm³/mol. The van der Waals surface area contributed by atoms with E-state index in [4.69, 9.17) is 0 Å². The second-order valence-corrected chi connectivity index (χ2v) is 6.90. The quantitative estimate of drug-likeness (QED) is 0.846. The Morgan fingerprint density at radius 1 is 1.40 bits per heavy atom. The van der Waals surface area contributed by atoms with E-state index in [1.165, 1.54) is 10.4 Å². The molecule has 1 aromatic heterocycles. The Balaban J connectivity index is 2.12. The van der Waals surface area contributed by atoms with Gasteiger partial charge in [0.25, 0.3) is 5.91 Å². The van der Waals surface area contributed by atoms with Crippen molar-refractivity contribution >= 4 is 17.2 Å². The number of nitrogens with one attached hydrogen (secondary N) is 1. The van der Waals surface area contributed by atoms with Crippen molar-refractivity contribution in [1.29, 1.82) is 0 Å². The van der Waals surface area contributed by atoms with Crippen LogP contribution in [0.3, 0.4) is 0 Å². The van der Waals surface area contributed by atoms with Crippen LogP contribution < -0.4 is 5.32 Å². The first-order valence-electron chi connectivity index (χ1n) is 7.69. The van der Waals surface area contributed by atoms with Crippen LogP contribution in [0.2, 0.25) is 0 Å². The number of carbonyl (C=O) groups excluding carboxylic acids is 1. The summed E-state index contributed by atoms with van der Waals surface area (Å²) in [5.74, 6) is -0.0111. The van der Waals surface area contributed by atoms with Gasteiger partial charge in [0.15, 0.2) is 0 Å². The molecule has 0 radical (unpaired) electrons. The van der Waals surface area contributed by atoms with Gasteiger partial charge < -0.3 is 10.4 Å². The molecule has 4 heteroatoms. The van der Waals surface area contributed by atoms with Crippen molar-refractivity contribution < 1.29 is 9.90 Å². The second-order valence-electron chi connectivity index (χ2n) is 5.76. The van der Waals surface area contributed by atoms with Crippen LogP contribution in [0.15, 0.2) is 6.07 Å². The summed E-state index contributed by atoms with van der Waals surface area (Å²) in [7, 11) is 0. The van der Waals surface area contributed by atoms with Gasteiger partial charge in [-0.25, -0.2) is 0 Å². The number of amides is 1. The SMILES string of the molecule is CCCc1sc(C(=O)NC2(CO)CCCC2)cc1CC. The smallest absolute Gasteiger partial charge is 0.261 e. The average Bonchev–Trinajstić information content (AvgIpc) is 3.06. The van der Waals surface area contributed by atoms with Crippen LogP contribution in [0.25, 0.3) is 0 Å². The molecule has 1 heterocycles.